The van der Waals surface area contributed by atoms with Crippen LogP contribution in [0.1, 0.15) is 143 Å². The van der Waals surface area contributed by atoms with Gasteiger partial charge in [-0.25, -0.2) is 4.79 Å². The molecule has 0 spiro atoms. The SMILES string of the molecule is CCCCCCCCCCCSC(CCCCCCCCC)C(C)OC(OCCC)(P=O)C(=O)O. The molecule has 0 aliphatic carbocycles. The average Bonchev–Trinajstić information content (AvgIpc) is 2.85. The standard InChI is InChI=1S/C28H55O5PS/c1-5-8-10-12-14-15-17-19-21-24-35-26(22-20-18-16-13-11-9-6-2)25(4)33-28(34-31,27(29)30)32-23-7-3/h25-26H,5-24H2,1-4H3,(H,29,30). The van der Waals surface area contributed by atoms with Gasteiger partial charge in [-0.15, -0.1) is 0 Å². The molecule has 1 N–H and O–H groups in total. The third-order valence-electron chi connectivity index (χ3n) is 6.43. The van der Waals surface area contributed by atoms with Crippen molar-refractivity contribution in [1.29, 1.82) is 0 Å². The number of hydrogen-bond acceptors (Lipinski definition) is 5. The van der Waals surface area contributed by atoms with Crippen LogP contribution in [0.2, 0.25) is 0 Å². The Bertz CT molecular complexity index is 508. The van der Waals surface area contributed by atoms with E-state index >= 15 is 0 Å². The van der Waals surface area contributed by atoms with Gasteiger partial charge in [-0.2, -0.15) is 11.8 Å². The summed E-state index contributed by atoms with van der Waals surface area (Å²) in [6.07, 6.45) is 21.8. The smallest absolute Gasteiger partial charge is 0.377 e. The van der Waals surface area contributed by atoms with Crippen molar-refractivity contribution in [2.24, 2.45) is 0 Å². The lowest BCUT2D eigenvalue weighted by Gasteiger charge is -2.31. The minimum absolute atomic E-state index is 0.172. The molecule has 208 valence electrons. The average molecular weight is 535 g/mol. The third kappa shape index (κ3) is 17.8. The molecule has 0 heterocycles. The fraction of sp³-hybridized carbons (Fsp3) is 0.964. The number of carboxylic acids is 1. The van der Waals surface area contributed by atoms with Gasteiger partial charge >= 0.3 is 11.5 Å². The maximum Gasteiger partial charge on any atom is 0.377 e. The number of carboxylic acid groups (broad SMARTS) is 1. The normalized spacial score (nSPS) is 15.2. The summed E-state index contributed by atoms with van der Waals surface area (Å²) in [7, 11) is -0.657. The monoisotopic (exact) mass is 534 g/mol. The maximum absolute atomic E-state index is 11.9. The highest BCUT2D eigenvalue weighted by molar-refractivity contribution is 7.99. The third-order valence-corrected chi connectivity index (χ3v) is 8.67. The molecule has 0 aromatic rings. The van der Waals surface area contributed by atoms with Crippen molar-refractivity contribution in [3.05, 3.63) is 0 Å². The van der Waals surface area contributed by atoms with Gasteiger partial charge in [0.15, 0.2) is 0 Å². The van der Waals surface area contributed by atoms with Gasteiger partial charge in [0.05, 0.1) is 12.7 Å². The molecule has 3 unspecified atom stereocenters. The maximum atomic E-state index is 11.9. The van der Waals surface area contributed by atoms with E-state index in [0.717, 1.165) is 18.6 Å². The molecule has 0 amide bonds. The van der Waals surface area contributed by atoms with Crippen LogP contribution < -0.4 is 0 Å². The van der Waals surface area contributed by atoms with Gasteiger partial charge in [0.1, 0.15) is 0 Å². The molecule has 0 radical (unpaired) electrons. The van der Waals surface area contributed by atoms with Gasteiger partial charge in [-0.3, -0.25) is 4.57 Å². The fourth-order valence-corrected chi connectivity index (χ4v) is 5.97. The Hall–Kier alpha value is -0.160. The number of hydrogen-bond donors (Lipinski definition) is 1. The summed E-state index contributed by atoms with van der Waals surface area (Å²) < 4.78 is 23.2. The van der Waals surface area contributed by atoms with E-state index in [-0.39, 0.29) is 18.0 Å². The summed E-state index contributed by atoms with van der Waals surface area (Å²) >= 11 is 1.88. The van der Waals surface area contributed by atoms with Crippen molar-refractivity contribution >= 4 is 26.2 Å². The molecule has 0 rings (SSSR count). The van der Waals surface area contributed by atoms with Crippen LogP contribution in [0.15, 0.2) is 0 Å². The van der Waals surface area contributed by atoms with E-state index in [4.69, 9.17) is 9.47 Å². The number of unbranched alkanes of at least 4 members (excludes halogenated alkanes) is 14. The first kappa shape index (κ1) is 34.8. The lowest BCUT2D eigenvalue weighted by molar-refractivity contribution is -0.217. The molecule has 5 nitrogen and oxygen atoms in total. The topological polar surface area (TPSA) is 72.8 Å². The van der Waals surface area contributed by atoms with Crippen LogP contribution in [0.4, 0.5) is 0 Å². The van der Waals surface area contributed by atoms with Crippen molar-refractivity contribution < 1.29 is 23.9 Å². The molecule has 35 heavy (non-hydrogen) atoms. The quantitative estimate of drug-likeness (QED) is 0.0642. The zero-order chi connectivity index (χ0) is 26.2. The van der Waals surface area contributed by atoms with E-state index in [1.54, 1.807) is 0 Å². The van der Waals surface area contributed by atoms with Crippen LogP contribution in [-0.4, -0.2) is 40.3 Å². The lowest BCUT2D eigenvalue weighted by atomic mass is 10.1. The van der Waals surface area contributed by atoms with E-state index in [2.05, 4.69) is 13.8 Å². The number of ether oxygens (including phenoxy) is 2. The Morgan fingerprint density at radius 1 is 0.800 bits per heavy atom. The zero-order valence-corrected chi connectivity index (χ0v) is 24.9. The molecule has 0 aliphatic rings. The van der Waals surface area contributed by atoms with Gasteiger partial charge in [0, 0.05) is 5.25 Å². The van der Waals surface area contributed by atoms with E-state index in [1.807, 2.05) is 25.6 Å². The number of carbonyl (C=O) groups is 1. The predicted molar refractivity (Wildman–Crippen MR) is 151 cm³/mol. The van der Waals surface area contributed by atoms with E-state index in [0.29, 0.717) is 6.42 Å². The number of rotatable bonds is 27. The molecule has 0 aliphatic heterocycles. The second-order valence-electron chi connectivity index (χ2n) is 9.80. The summed E-state index contributed by atoms with van der Waals surface area (Å²) in [6.45, 7) is 8.49. The summed E-state index contributed by atoms with van der Waals surface area (Å²) in [4.78, 5) is 11.9. The van der Waals surface area contributed by atoms with Crippen molar-refractivity contribution in [2.45, 2.75) is 160 Å². The van der Waals surface area contributed by atoms with Crippen molar-refractivity contribution in [1.82, 2.24) is 0 Å². The van der Waals surface area contributed by atoms with Gasteiger partial charge in [0.2, 0.25) is 8.46 Å². The largest absolute Gasteiger partial charge is 0.477 e. The van der Waals surface area contributed by atoms with Crippen molar-refractivity contribution in [2.75, 3.05) is 12.4 Å². The van der Waals surface area contributed by atoms with Crippen LogP contribution in [-0.2, 0) is 18.8 Å². The van der Waals surface area contributed by atoms with Crippen LogP contribution >= 0.6 is 20.2 Å². The highest BCUT2D eigenvalue weighted by Crippen LogP contribution is 2.33. The first-order valence-corrected chi connectivity index (χ1v) is 16.3. The lowest BCUT2D eigenvalue weighted by Crippen LogP contribution is -2.44. The van der Waals surface area contributed by atoms with E-state index in [1.165, 1.54) is 96.3 Å². The van der Waals surface area contributed by atoms with Gasteiger partial charge in [0.25, 0.3) is 0 Å². The molecule has 3 atom stereocenters. The highest BCUT2D eigenvalue weighted by atomic mass is 32.2. The van der Waals surface area contributed by atoms with Gasteiger partial charge in [-0.05, 0) is 31.9 Å². The summed E-state index contributed by atoms with van der Waals surface area (Å²) in [5.74, 6) is -0.275. The first-order valence-electron chi connectivity index (χ1n) is 14.5. The summed E-state index contributed by atoms with van der Waals surface area (Å²) in [6, 6.07) is 0. The second kappa shape index (κ2) is 24.2. The Morgan fingerprint density at radius 3 is 1.74 bits per heavy atom. The molecule has 7 heteroatoms. The fourth-order valence-electron chi connectivity index (χ4n) is 4.20. The molecule has 0 saturated carbocycles. The Morgan fingerprint density at radius 2 is 1.29 bits per heavy atom. The molecular formula is C28H55O5PS. The second-order valence-corrected chi connectivity index (χ2v) is 11.9. The number of thioether (sulfide) groups is 1. The van der Waals surface area contributed by atoms with Crippen molar-refractivity contribution in [3.8, 4) is 0 Å². The van der Waals surface area contributed by atoms with Crippen LogP contribution in [0.25, 0.3) is 0 Å². The van der Waals surface area contributed by atoms with Crippen LogP contribution in [0.5, 0.6) is 0 Å². The minimum Gasteiger partial charge on any atom is -0.477 e. The van der Waals surface area contributed by atoms with Gasteiger partial charge < -0.3 is 14.6 Å². The highest BCUT2D eigenvalue weighted by Gasteiger charge is 2.45. The van der Waals surface area contributed by atoms with Crippen LogP contribution in [0.3, 0.4) is 0 Å². The molecule has 0 aromatic carbocycles. The minimum atomic E-state index is -2.10. The van der Waals surface area contributed by atoms with Crippen molar-refractivity contribution in [3.63, 3.8) is 0 Å². The van der Waals surface area contributed by atoms with Gasteiger partial charge in [-0.1, -0.05) is 117 Å². The molecule has 0 aromatic heterocycles. The first-order chi connectivity index (χ1) is 17.0. The van der Waals surface area contributed by atoms with E-state index < -0.39 is 20.0 Å². The Labute approximate surface area is 222 Å². The zero-order valence-electron chi connectivity index (χ0n) is 23.2. The molecular weight excluding hydrogens is 479 g/mol. The summed E-state index contributed by atoms with van der Waals surface area (Å²) in [5, 5.41) is 9.87. The van der Waals surface area contributed by atoms with Crippen LogP contribution in [0, 0.1) is 0 Å². The molecule has 0 fully saturated rings. The molecule has 0 saturated heterocycles. The molecule has 0 bridgehead atoms. The van der Waals surface area contributed by atoms with E-state index in [9.17, 15) is 14.5 Å². The Kier molecular flexibility index (Phi) is 24.1. The Balaban J connectivity index is 4.66. The number of aliphatic carboxylic acids is 1. The summed E-state index contributed by atoms with van der Waals surface area (Å²) in [5.41, 5.74) is -2.10. The predicted octanol–water partition coefficient (Wildman–Crippen LogP) is 9.62.